The number of allylic oxidation sites excluding steroid dienone is 2. The third-order valence-corrected chi connectivity index (χ3v) is 2.10. The number of aliphatic imine (C=N–C) groups is 1. The second kappa shape index (κ2) is 2.77. The Morgan fingerprint density at radius 2 is 2.46 bits per heavy atom. The van der Waals surface area contributed by atoms with Crippen LogP contribution in [-0.2, 0) is 4.79 Å². The summed E-state index contributed by atoms with van der Waals surface area (Å²) < 4.78 is 0. The molecule has 0 saturated carbocycles. The van der Waals surface area contributed by atoms with Crippen LogP contribution in [0.15, 0.2) is 28.8 Å². The number of hydrogen-bond donors (Lipinski definition) is 2. The highest BCUT2D eigenvalue weighted by Gasteiger charge is 2.30. The van der Waals surface area contributed by atoms with Crippen LogP contribution in [0.25, 0.3) is 0 Å². The molecule has 0 fully saturated rings. The number of thiocarbonyl (C=S) groups is 1. The van der Waals surface area contributed by atoms with Gasteiger partial charge in [0, 0.05) is 0 Å². The Hall–Kier alpha value is -1.49. The fourth-order valence-electron chi connectivity index (χ4n) is 1.32. The third-order valence-electron chi connectivity index (χ3n) is 1.89. The number of carboxylic acid groups (broad SMARTS) is 1. The molecule has 66 valence electrons. The Balaban J connectivity index is 2.39. The fourth-order valence-corrected chi connectivity index (χ4v) is 1.55. The molecule has 4 nitrogen and oxygen atoms in total. The molecular formula is C8H6N2O2S. The van der Waals surface area contributed by atoms with Crippen molar-refractivity contribution in [2.75, 3.05) is 0 Å². The summed E-state index contributed by atoms with van der Waals surface area (Å²) in [4.78, 5) is 14.8. The highest BCUT2D eigenvalue weighted by atomic mass is 32.1. The summed E-state index contributed by atoms with van der Waals surface area (Å²) in [6.45, 7) is 0. The van der Waals surface area contributed by atoms with E-state index in [1.165, 1.54) is 0 Å². The van der Waals surface area contributed by atoms with Crippen molar-refractivity contribution < 1.29 is 9.90 Å². The van der Waals surface area contributed by atoms with Gasteiger partial charge < -0.3 is 10.4 Å². The highest BCUT2D eigenvalue weighted by molar-refractivity contribution is 7.80. The molecule has 0 bridgehead atoms. The van der Waals surface area contributed by atoms with Crippen LogP contribution in [0.4, 0.5) is 0 Å². The van der Waals surface area contributed by atoms with Crippen LogP contribution < -0.4 is 5.32 Å². The summed E-state index contributed by atoms with van der Waals surface area (Å²) in [6, 6.07) is -0.366. The molecule has 1 heterocycles. The van der Waals surface area contributed by atoms with Gasteiger partial charge in [0.2, 0.25) is 0 Å². The number of fused-ring (bicyclic) bond motifs is 1. The number of aliphatic carboxylic acids is 1. The molecular weight excluding hydrogens is 188 g/mol. The molecule has 1 aliphatic heterocycles. The standard InChI is InChI=1S/C8H6N2O2S/c11-7(12)4-2-1-3-5-6(4)10-8(13)9-5/h1-3,6H,(H,10,13)(H,11,12). The van der Waals surface area contributed by atoms with E-state index in [2.05, 4.69) is 10.3 Å². The van der Waals surface area contributed by atoms with Crippen LogP contribution in [-0.4, -0.2) is 27.9 Å². The van der Waals surface area contributed by atoms with Crippen molar-refractivity contribution in [1.82, 2.24) is 5.32 Å². The number of rotatable bonds is 1. The number of hydrogen-bond acceptors (Lipinski definition) is 2. The van der Waals surface area contributed by atoms with Gasteiger partial charge >= 0.3 is 5.97 Å². The highest BCUT2D eigenvalue weighted by Crippen LogP contribution is 2.16. The Morgan fingerprint density at radius 1 is 1.69 bits per heavy atom. The molecule has 5 heteroatoms. The second-order valence-electron chi connectivity index (χ2n) is 2.71. The molecule has 2 rings (SSSR count). The summed E-state index contributed by atoms with van der Waals surface area (Å²) >= 11 is 4.82. The van der Waals surface area contributed by atoms with Crippen molar-refractivity contribution in [2.24, 2.45) is 4.99 Å². The van der Waals surface area contributed by atoms with Crippen LogP contribution in [0.5, 0.6) is 0 Å². The minimum Gasteiger partial charge on any atom is -0.478 e. The summed E-state index contributed by atoms with van der Waals surface area (Å²) in [5, 5.41) is 12.0. The first-order chi connectivity index (χ1) is 6.18. The van der Waals surface area contributed by atoms with Gasteiger partial charge in [-0.2, -0.15) is 0 Å². The van der Waals surface area contributed by atoms with Crippen molar-refractivity contribution in [3.05, 3.63) is 23.8 Å². The van der Waals surface area contributed by atoms with Crippen LogP contribution in [0, 0.1) is 0 Å². The van der Waals surface area contributed by atoms with Crippen molar-refractivity contribution in [3.63, 3.8) is 0 Å². The maximum Gasteiger partial charge on any atom is 0.334 e. The summed E-state index contributed by atoms with van der Waals surface area (Å²) in [5.41, 5.74) is 0.950. The average molecular weight is 194 g/mol. The summed E-state index contributed by atoms with van der Waals surface area (Å²) in [7, 11) is 0. The molecule has 13 heavy (non-hydrogen) atoms. The molecule has 1 unspecified atom stereocenters. The molecule has 0 amide bonds. The lowest BCUT2D eigenvalue weighted by molar-refractivity contribution is -0.132. The summed E-state index contributed by atoms with van der Waals surface area (Å²) in [6.07, 6.45) is 4.96. The van der Waals surface area contributed by atoms with E-state index in [0.29, 0.717) is 10.8 Å². The number of nitrogens with one attached hydrogen (secondary N) is 1. The van der Waals surface area contributed by atoms with Gasteiger partial charge in [-0.1, -0.05) is 6.08 Å². The van der Waals surface area contributed by atoms with Gasteiger partial charge in [0.05, 0.1) is 11.3 Å². The molecule has 1 aliphatic carbocycles. The Kier molecular flexibility index (Phi) is 1.73. The molecule has 2 N–H and O–H groups in total. The smallest absolute Gasteiger partial charge is 0.334 e. The van der Waals surface area contributed by atoms with Crippen LogP contribution in [0.1, 0.15) is 0 Å². The fraction of sp³-hybridized carbons (Fsp3) is 0.125. The molecule has 1 atom stereocenters. The van der Waals surface area contributed by atoms with Crippen molar-refractivity contribution in [2.45, 2.75) is 6.04 Å². The maximum atomic E-state index is 10.8. The lowest BCUT2D eigenvalue weighted by Crippen LogP contribution is -2.36. The Bertz CT molecular complexity index is 382. The molecule has 0 aromatic heterocycles. The van der Waals surface area contributed by atoms with Gasteiger partial charge in [-0.25, -0.2) is 9.79 Å². The lowest BCUT2D eigenvalue weighted by atomic mass is 9.98. The lowest BCUT2D eigenvalue weighted by Gasteiger charge is -2.14. The van der Waals surface area contributed by atoms with E-state index in [1.807, 2.05) is 0 Å². The number of carboxylic acids is 1. The van der Waals surface area contributed by atoms with Gasteiger partial charge in [0.15, 0.2) is 5.11 Å². The normalized spacial score (nSPS) is 24.6. The maximum absolute atomic E-state index is 10.8. The van der Waals surface area contributed by atoms with Crippen LogP contribution in [0.2, 0.25) is 0 Å². The zero-order valence-corrected chi connectivity index (χ0v) is 7.34. The minimum atomic E-state index is -0.945. The van der Waals surface area contributed by atoms with Crippen molar-refractivity contribution >= 4 is 29.0 Å². The van der Waals surface area contributed by atoms with Gasteiger partial charge in [-0.05, 0) is 24.4 Å². The van der Waals surface area contributed by atoms with Gasteiger partial charge in [0.1, 0.15) is 6.04 Å². The van der Waals surface area contributed by atoms with Crippen molar-refractivity contribution in [3.8, 4) is 0 Å². The van der Waals surface area contributed by atoms with E-state index in [1.54, 1.807) is 18.2 Å². The summed E-state index contributed by atoms with van der Waals surface area (Å²) in [5.74, 6) is -0.945. The molecule has 0 radical (unpaired) electrons. The third kappa shape index (κ3) is 1.27. The predicted octanol–water partition coefficient (Wildman–Crippen LogP) is 0.265. The largest absolute Gasteiger partial charge is 0.478 e. The average Bonchev–Trinajstić information content (AvgIpc) is 2.43. The molecule has 0 aromatic rings. The predicted molar refractivity (Wildman–Crippen MR) is 51.8 cm³/mol. The first-order valence-corrected chi connectivity index (χ1v) is 4.10. The second-order valence-corrected chi connectivity index (χ2v) is 3.09. The van der Waals surface area contributed by atoms with E-state index < -0.39 is 5.97 Å². The van der Waals surface area contributed by atoms with Gasteiger partial charge in [0.25, 0.3) is 0 Å². The van der Waals surface area contributed by atoms with E-state index in [4.69, 9.17) is 17.3 Å². The zero-order chi connectivity index (χ0) is 9.42. The first kappa shape index (κ1) is 8.12. The van der Waals surface area contributed by atoms with Crippen LogP contribution >= 0.6 is 12.2 Å². The number of carbonyl (C=O) groups is 1. The minimum absolute atomic E-state index is 0.279. The quantitative estimate of drug-likeness (QED) is 0.588. The van der Waals surface area contributed by atoms with Gasteiger partial charge in [-0.3, -0.25) is 0 Å². The number of nitrogens with zero attached hydrogens (tertiary/aromatic N) is 1. The molecule has 0 saturated heterocycles. The molecule has 2 aliphatic rings. The van der Waals surface area contributed by atoms with E-state index >= 15 is 0 Å². The van der Waals surface area contributed by atoms with E-state index in [9.17, 15) is 4.79 Å². The Morgan fingerprint density at radius 3 is 3.15 bits per heavy atom. The van der Waals surface area contributed by atoms with Crippen molar-refractivity contribution in [1.29, 1.82) is 0 Å². The van der Waals surface area contributed by atoms with Gasteiger partial charge in [-0.15, -0.1) is 0 Å². The molecule has 0 spiro atoms. The zero-order valence-electron chi connectivity index (χ0n) is 6.52. The monoisotopic (exact) mass is 194 g/mol. The van der Waals surface area contributed by atoms with Crippen LogP contribution in [0.3, 0.4) is 0 Å². The van der Waals surface area contributed by atoms with E-state index in [-0.39, 0.29) is 11.6 Å². The SMILES string of the molecule is O=C(O)C1=CC=CC2=NC(=S)NC12. The first-order valence-electron chi connectivity index (χ1n) is 3.69. The Labute approximate surface area is 79.7 Å². The van der Waals surface area contributed by atoms with E-state index in [0.717, 1.165) is 0 Å². The molecule has 0 aromatic carbocycles. The topological polar surface area (TPSA) is 61.7 Å².